The van der Waals surface area contributed by atoms with Crippen molar-refractivity contribution in [3.8, 4) is 11.6 Å². The van der Waals surface area contributed by atoms with E-state index in [-0.39, 0.29) is 30.2 Å². The third-order valence-corrected chi connectivity index (χ3v) is 6.60. The number of furan rings is 2. The lowest BCUT2D eigenvalue weighted by Crippen LogP contribution is -2.47. The first-order valence-electron chi connectivity index (χ1n) is 12.5. The van der Waals surface area contributed by atoms with Crippen molar-refractivity contribution in [2.75, 3.05) is 4.90 Å². The Morgan fingerprint density at radius 3 is 2.65 bits per heavy atom. The Kier molecular flexibility index (Phi) is 6.89. The summed E-state index contributed by atoms with van der Waals surface area (Å²) in [6, 6.07) is 11.9. The minimum Gasteiger partial charge on any atom is -0.467 e. The molecule has 1 unspecified atom stereocenters. The van der Waals surface area contributed by atoms with Crippen LogP contribution in [0.4, 0.5) is 5.69 Å². The number of aromatic nitrogens is 4. The van der Waals surface area contributed by atoms with Crippen LogP contribution in [-0.4, -0.2) is 38.1 Å². The van der Waals surface area contributed by atoms with Gasteiger partial charge in [0.05, 0.1) is 6.26 Å². The molecule has 0 spiro atoms. The fraction of sp³-hybridized carbons (Fsp3) is 0.370. The van der Waals surface area contributed by atoms with Crippen LogP contribution in [0.3, 0.4) is 0 Å². The van der Waals surface area contributed by atoms with Crippen LogP contribution < -0.4 is 10.2 Å². The van der Waals surface area contributed by atoms with Gasteiger partial charge in [-0.1, -0.05) is 25.0 Å². The molecule has 0 saturated heterocycles. The molecule has 0 bridgehead atoms. The van der Waals surface area contributed by atoms with E-state index < -0.39 is 6.04 Å². The van der Waals surface area contributed by atoms with Gasteiger partial charge >= 0.3 is 0 Å². The normalized spacial score (nSPS) is 14.6. The number of carbonyl (C=O) groups excluding carboxylic acids is 2. The topological polar surface area (TPSA) is 119 Å². The van der Waals surface area contributed by atoms with E-state index >= 15 is 0 Å². The van der Waals surface area contributed by atoms with Gasteiger partial charge in [-0.25, -0.2) is 0 Å². The lowest BCUT2D eigenvalue weighted by molar-refractivity contribution is -0.128. The number of hydrogen-bond donors (Lipinski definition) is 1. The van der Waals surface area contributed by atoms with E-state index in [1.165, 1.54) is 16.0 Å². The first-order valence-corrected chi connectivity index (χ1v) is 12.5. The van der Waals surface area contributed by atoms with Crippen molar-refractivity contribution in [2.45, 2.75) is 65.1 Å². The zero-order valence-electron chi connectivity index (χ0n) is 21.2. The van der Waals surface area contributed by atoms with Gasteiger partial charge in [0.2, 0.25) is 5.82 Å². The highest BCUT2D eigenvalue weighted by molar-refractivity contribution is 6.01. The maximum Gasteiger partial charge on any atom is 0.251 e. The Morgan fingerprint density at radius 1 is 1.14 bits per heavy atom. The van der Waals surface area contributed by atoms with Gasteiger partial charge in [-0.05, 0) is 80.3 Å². The second kappa shape index (κ2) is 10.4. The van der Waals surface area contributed by atoms with Gasteiger partial charge in [0.25, 0.3) is 11.8 Å². The number of aryl methyl sites for hydroxylation is 3. The van der Waals surface area contributed by atoms with Gasteiger partial charge in [0.15, 0.2) is 11.8 Å². The fourth-order valence-corrected chi connectivity index (χ4v) is 4.73. The molecule has 1 N–H and O–H groups in total. The van der Waals surface area contributed by atoms with E-state index in [9.17, 15) is 9.59 Å². The number of nitrogens with zero attached hydrogens (tertiary/aromatic N) is 5. The van der Waals surface area contributed by atoms with Gasteiger partial charge in [-0.15, -0.1) is 10.2 Å². The van der Waals surface area contributed by atoms with Crippen LogP contribution in [0.1, 0.15) is 54.4 Å². The lowest BCUT2D eigenvalue weighted by Gasteiger charge is -2.32. The second-order valence-corrected chi connectivity index (χ2v) is 9.52. The molecule has 1 aliphatic rings. The zero-order chi connectivity index (χ0) is 25.9. The van der Waals surface area contributed by atoms with Gasteiger partial charge in [-0.3, -0.25) is 14.5 Å². The SMILES string of the molecule is Cc1ccc(C)c(N(C(=O)Cn2nnc(-c3ccc(C)o3)n2)C(C(=O)NC2CCCC2)c2ccco2)c1. The van der Waals surface area contributed by atoms with Crippen LogP contribution in [-0.2, 0) is 16.1 Å². The largest absolute Gasteiger partial charge is 0.467 e. The van der Waals surface area contributed by atoms with Crippen LogP contribution in [0.15, 0.2) is 57.6 Å². The van der Waals surface area contributed by atoms with Crippen molar-refractivity contribution in [3.63, 3.8) is 0 Å². The molecule has 37 heavy (non-hydrogen) atoms. The summed E-state index contributed by atoms with van der Waals surface area (Å²) in [5, 5.41) is 15.6. The first kappa shape index (κ1) is 24.5. The number of hydrogen-bond acceptors (Lipinski definition) is 7. The van der Waals surface area contributed by atoms with E-state index in [0.717, 1.165) is 42.6 Å². The standard InChI is InChI=1S/C27H30N6O4/c1-17-10-11-18(2)21(15-17)33(24(34)16-32-30-26(29-31-32)23-13-12-19(3)37-23)25(22-9-6-14-36-22)27(35)28-20-7-4-5-8-20/h6,9-15,20,25H,4-5,7-8,16H2,1-3H3,(H,28,35). The minimum absolute atomic E-state index is 0.0804. The molecular weight excluding hydrogens is 472 g/mol. The first-order chi connectivity index (χ1) is 17.9. The molecule has 3 aromatic heterocycles. The van der Waals surface area contributed by atoms with E-state index in [1.807, 2.05) is 39.0 Å². The molecule has 1 atom stereocenters. The molecule has 1 aliphatic carbocycles. The van der Waals surface area contributed by atoms with Crippen molar-refractivity contribution in [3.05, 3.63) is 71.4 Å². The molecule has 5 rings (SSSR count). The second-order valence-electron chi connectivity index (χ2n) is 9.52. The summed E-state index contributed by atoms with van der Waals surface area (Å²) >= 11 is 0. The molecule has 3 heterocycles. The molecule has 10 heteroatoms. The van der Waals surface area contributed by atoms with Crippen LogP contribution in [0.25, 0.3) is 11.6 Å². The predicted molar refractivity (Wildman–Crippen MR) is 136 cm³/mol. The van der Waals surface area contributed by atoms with Gasteiger partial charge in [0.1, 0.15) is 18.1 Å². The highest BCUT2D eigenvalue weighted by Crippen LogP contribution is 2.32. The zero-order valence-corrected chi connectivity index (χ0v) is 21.2. The summed E-state index contributed by atoms with van der Waals surface area (Å²) in [5.41, 5.74) is 2.43. The van der Waals surface area contributed by atoms with Gasteiger partial charge in [0, 0.05) is 11.7 Å². The average Bonchev–Trinajstić information content (AvgIpc) is 3.67. The summed E-state index contributed by atoms with van der Waals surface area (Å²) in [5.74, 6) is 1.18. The lowest BCUT2D eigenvalue weighted by atomic mass is 10.0. The molecule has 192 valence electrons. The quantitative estimate of drug-likeness (QED) is 0.382. The third-order valence-electron chi connectivity index (χ3n) is 6.60. The van der Waals surface area contributed by atoms with E-state index in [0.29, 0.717) is 17.2 Å². The van der Waals surface area contributed by atoms with Crippen molar-refractivity contribution in [1.29, 1.82) is 0 Å². The van der Waals surface area contributed by atoms with Crippen molar-refractivity contribution >= 4 is 17.5 Å². The fourth-order valence-electron chi connectivity index (χ4n) is 4.73. The van der Waals surface area contributed by atoms with E-state index in [4.69, 9.17) is 8.83 Å². The third kappa shape index (κ3) is 5.32. The number of benzene rings is 1. The maximum absolute atomic E-state index is 14.0. The molecule has 4 aromatic rings. The summed E-state index contributed by atoms with van der Waals surface area (Å²) in [4.78, 5) is 30.4. The van der Waals surface area contributed by atoms with Crippen molar-refractivity contribution in [1.82, 2.24) is 25.5 Å². The van der Waals surface area contributed by atoms with Crippen LogP contribution in [0.5, 0.6) is 0 Å². The Hall–Kier alpha value is -4.21. The molecule has 1 fully saturated rings. The number of anilines is 1. The molecule has 1 saturated carbocycles. The highest BCUT2D eigenvalue weighted by Gasteiger charge is 2.37. The summed E-state index contributed by atoms with van der Waals surface area (Å²) in [6.45, 7) is 5.45. The van der Waals surface area contributed by atoms with Crippen molar-refractivity contribution < 1.29 is 18.4 Å². The average molecular weight is 503 g/mol. The predicted octanol–water partition coefficient (Wildman–Crippen LogP) is 4.28. The Morgan fingerprint density at radius 2 is 1.95 bits per heavy atom. The monoisotopic (exact) mass is 502 g/mol. The highest BCUT2D eigenvalue weighted by atomic mass is 16.3. The van der Waals surface area contributed by atoms with Crippen LogP contribution >= 0.6 is 0 Å². The Labute approximate surface area is 214 Å². The van der Waals surface area contributed by atoms with E-state index in [1.54, 1.807) is 24.3 Å². The summed E-state index contributed by atoms with van der Waals surface area (Å²) in [6.07, 6.45) is 5.50. The molecule has 1 aromatic carbocycles. The molecule has 0 radical (unpaired) electrons. The number of carbonyl (C=O) groups is 2. The van der Waals surface area contributed by atoms with E-state index in [2.05, 4.69) is 20.7 Å². The number of amides is 2. The van der Waals surface area contributed by atoms with Gasteiger partial charge < -0.3 is 14.2 Å². The number of rotatable bonds is 8. The smallest absolute Gasteiger partial charge is 0.251 e. The molecular formula is C27H30N6O4. The molecule has 0 aliphatic heterocycles. The minimum atomic E-state index is -1.00. The molecule has 2 amide bonds. The number of nitrogens with one attached hydrogen (secondary N) is 1. The van der Waals surface area contributed by atoms with Crippen molar-refractivity contribution in [2.24, 2.45) is 0 Å². The summed E-state index contributed by atoms with van der Waals surface area (Å²) < 4.78 is 11.3. The summed E-state index contributed by atoms with van der Waals surface area (Å²) in [7, 11) is 0. The number of tetrazole rings is 1. The van der Waals surface area contributed by atoms with Crippen LogP contribution in [0.2, 0.25) is 0 Å². The maximum atomic E-state index is 14.0. The Bertz CT molecular complexity index is 1380. The Balaban J connectivity index is 1.51. The molecule has 10 nitrogen and oxygen atoms in total. The van der Waals surface area contributed by atoms with Gasteiger partial charge in [-0.2, -0.15) is 4.80 Å². The van der Waals surface area contributed by atoms with Crippen LogP contribution in [0, 0.1) is 20.8 Å².